The fourth-order valence-electron chi connectivity index (χ4n) is 2.09. The average molecular weight is 286 g/mol. The Balaban J connectivity index is 2.06. The summed E-state index contributed by atoms with van der Waals surface area (Å²) in [6, 6.07) is 5.66. The van der Waals surface area contributed by atoms with Crippen LogP contribution in [0.2, 0.25) is 0 Å². The van der Waals surface area contributed by atoms with Crippen LogP contribution in [0.5, 0.6) is 0 Å². The number of fused-ring (bicyclic) bond motifs is 1. The van der Waals surface area contributed by atoms with Crippen LogP contribution < -0.4 is 10.9 Å². The number of nitrogens with zero attached hydrogens (tertiary/aromatic N) is 3. The van der Waals surface area contributed by atoms with Crippen molar-refractivity contribution in [2.24, 2.45) is 0 Å². The summed E-state index contributed by atoms with van der Waals surface area (Å²) in [5.74, 6) is 1.43. The van der Waals surface area contributed by atoms with E-state index in [4.69, 9.17) is 0 Å². The zero-order valence-corrected chi connectivity index (χ0v) is 12.1. The van der Waals surface area contributed by atoms with E-state index in [1.807, 2.05) is 24.6 Å². The van der Waals surface area contributed by atoms with Gasteiger partial charge in [0.25, 0.3) is 5.56 Å². The highest BCUT2D eigenvalue weighted by Gasteiger charge is 2.09. The Morgan fingerprint density at radius 1 is 1.35 bits per heavy atom. The molecular formula is C14H14N4OS. The maximum Gasteiger partial charge on any atom is 0.253 e. The van der Waals surface area contributed by atoms with Crippen LogP contribution in [0.1, 0.15) is 11.4 Å². The van der Waals surface area contributed by atoms with Crippen molar-refractivity contribution in [2.75, 3.05) is 12.4 Å². The molecule has 0 saturated carbocycles. The first kappa shape index (κ1) is 12.8. The molecule has 20 heavy (non-hydrogen) atoms. The molecule has 102 valence electrons. The summed E-state index contributed by atoms with van der Waals surface area (Å²) in [6.07, 6.45) is 1.76. The Labute approximate surface area is 119 Å². The number of rotatable bonds is 3. The fraction of sp³-hybridized carbons (Fsp3) is 0.214. The summed E-state index contributed by atoms with van der Waals surface area (Å²) in [5.41, 5.74) is 0.715. The highest BCUT2D eigenvalue weighted by atomic mass is 32.1. The second-order valence-corrected chi connectivity index (χ2v) is 5.40. The molecule has 0 fully saturated rings. The zero-order chi connectivity index (χ0) is 14.1. The van der Waals surface area contributed by atoms with Crippen LogP contribution in [0.3, 0.4) is 0 Å². The van der Waals surface area contributed by atoms with Gasteiger partial charge in [0.05, 0.1) is 11.9 Å². The fourth-order valence-corrected chi connectivity index (χ4v) is 2.88. The molecule has 3 heterocycles. The van der Waals surface area contributed by atoms with Crippen LogP contribution in [-0.2, 0) is 6.54 Å². The second kappa shape index (κ2) is 5.05. The van der Waals surface area contributed by atoms with Crippen LogP contribution in [0.4, 0.5) is 5.82 Å². The SMILES string of the molecule is CNc1nc(Cn2cccc(C)c2=O)nc2sccc12. The highest BCUT2D eigenvalue weighted by molar-refractivity contribution is 7.16. The predicted molar refractivity (Wildman–Crippen MR) is 81.5 cm³/mol. The van der Waals surface area contributed by atoms with Crippen molar-refractivity contribution < 1.29 is 0 Å². The molecule has 3 rings (SSSR count). The van der Waals surface area contributed by atoms with Gasteiger partial charge < -0.3 is 9.88 Å². The number of pyridine rings is 1. The molecule has 0 aromatic carbocycles. The average Bonchev–Trinajstić information content (AvgIpc) is 2.91. The summed E-state index contributed by atoms with van der Waals surface area (Å²) in [6.45, 7) is 2.18. The van der Waals surface area contributed by atoms with Crippen molar-refractivity contribution in [3.63, 3.8) is 0 Å². The molecule has 0 aliphatic heterocycles. The molecule has 0 atom stereocenters. The maximum absolute atomic E-state index is 12.0. The summed E-state index contributed by atoms with van der Waals surface area (Å²) in [7, 11) is 1.84. The Hall–Kier alpha value is -2.21. The Morgan fingerprint density at radius 3 is 3.00 bits per heavy atom. The lowest BCUT2D eigenvalue weighted by atomic mass is 10.3. The first-order valence-corrected chi connectivity index (χ1v) is 7.15. The van der Waals surface area contributed by atoms with E-state index in [0.29, 0.717) is 12.4 Å². The lowest BCUT2D eigenvalue weighted by Crippen LogP contribution is -2.22. The summed E-state index contributed by atoms with van der Waals surface area (Å²) in [5, 5.41) is 6.08. The molecule has 0 spiro atoms. The minimum Gasteiger partial charge on any atom is -0.372 e. The van der Waals surface area contributed by atoms with Crippen molar-refractivity contribution in [1.29, 1.82) is 0 Å². The van der Waals surface area contributed by atoms with E-state index in [2.05, 4.69) is 15.3 Å². The number of aryl methyl sites for hydroxylation is 1. The van der Waals surface area contributed by atoms with Crippen LogP contribution in [-0.4, -0.2) is 21.6 Å². The third-order valence-corrected chi connectivity index (χ3v) is 3.94. The predicted octanol–water partition coefficient (Wildman–Crippen LogP) is 2.25. The molecule has 0 bridgehead atoms. The second-order valence-electron chi connectivity index (χ2n) is 4.50. The number of anilines is 1. The number of thiophene rings is 1. The van der Waals surface area contributed by atoms with E-state index in [9.17, 15) is 4.79 Å². The standard InChI is InChI=1S/C14H14N4OS/c1-9-4-3-6-18(14(9)19)8-11-16-12(15-2)10-5-7-20-13(10)17-11/h3-7H,8H2,1-2H3,(H,15,16,17). The first-order chi connectivity index (χ1) is 9.69. The third-order valence-electron chi connectivity index (χ3n) is 3.13. The summed E-state index contributed by atoms with van der Waals surface area (Å²) in [4.78, 5) is 22.0. The smallest absolute Gasteiger partial charge is 0.253 e. The molecule has 0 radical (unpaired) electrons. The maximum atomic E-state index is 12.0. The molecule has 3 aromatic rings. The van der Waals surface area contributed by atoms with Crippen molar-refractivity contribution in [3.05, 3.63) is 51.5 Å². The molecular weight excluding hydrogens is 272 g/mol. The number of aromatic nitrogens is 3. The largest absolute Gasteiger partial charge is 0.372 e. The Bertz CT molecular complexity index is 821. The number of hydrogen-bond donors (Lipinski definition) is 1. The molecule has 0 amide bonds. The molecule has 0 aliphatic rings. The van der Waals surface area contributed by atoms with Gasteiger partial charge in [-0.2, -0.15) is 0 Å². The first-order valence-electron chi connectivity index (χ1n) is 6.27. The molecule has 0 saturated heterocycles. The molecule has 0 aliphatic carbocycles. The van der Waals surface area contributed by atoms with Gasteiger partial charge in [0.15, 0.2) is 5.82 Å². The molecule has 5 nitrogen and oxygen atoms in total. The van der Waals surface area contributed by atoms with E-state index in [1.165, 1.54) is 0 Å². The van der Waals surface area contributed by atoms with Crippen LogP contribution in [0.25, 0.3) is 10.2 Å². The van der Waals surface area contributed by atoms with Crippen molar-refractivity contribution in [1.82, 2.24) is 14.5 Å². The molecule has 6 heteroatoms. The minimum atomic E-state index is -0.00613. The van der Waals surface area contributed by atoms with Crippen LogP contribution >= 0.6 is 11.3 Å². The van der Waals surface area contributed by atoms with Gasteiger partial charge in [0, 0.05) is 18.8 Å². The topological polar surface area (TPSA) is 59.8 Å². The minimum absolute atomic E-state index is 0.00613. The quantitative estimate of drug-likeness (QED) is 0.802. The van der Waals surface area contributed by atoms with E-state index >= 15 is 0 Å². The highest BCUT2D eigenvalue weighted by Crippen LogP contribution is 2.24. The van der Waals surface area contributed by atoms with Gasteiger partial charge in [-0.05, 0) is 24.4 Å². The third kappa shape index (κ3) is 2.18. The van der Waals surface area contributed by atoms with Gasteiger partial charge in [-0.15, -0.1) is 11.3 Å². The molecule has 3 aromatic heterocycles. The lowest BCUT2D eigenvalue weighted by Gasteiger charge is -2.08. The van der Waals surface area contributed by atoms with E-state index in [-0.39, 0.29) is 5.56 Å². The normalized spacial score (nSPS) is 10.9. The van der Waals surface area contributed by atoms with E-state index < -0.39 is 0 Å². The van der Waals surface area contributed by atoms with Gasteiger partial charge in [0.1, 0.15) is 10.6 Å². The van der Waals surface area contributed by atoms with Crippen molar-refractivity contribution in [2.45, 2.75) is 13.5 Å². The van der Waals surface area contributed by atoms with Gasteiger partial charge >= 0.3 is 0 Å². The number of nitrogens with one attached hydrogen (secondary N) is 1. The summed E-state index contributed by atoms with van der Waals surface area (Å²) < 4.78 is 1.63. The van der Waals surface area contributed by atoms with Crippen LogP contribution in [0, 0.1) is 6.92 Å². The zero-order valence-electron chi connectivity index (χ0n) is 11.3. The van der Waals surface area contributed by atoms with Crippen molar-refractivity contribution >= 4 is 27.4 Å². The van der Waals surface area contributed by atoms with Crippen LogP contribution in [0.15, 0.2) is 34.6 Å². The van der Waals surface area contributed by atoms with E-state index in [1.54, 1.807) is 35.1 Å². The van der Waals surface area contributed by atoms with E-state index in [0.717, 1.165) is 21.6 Å². The Morgan fingerprint density at radius 2 is 2.20 bits per heavy atom. The van der Waals surface area contributed by atoms with Gasteiger partial charge in [0.2, 0.25) is 0 Å². The lowest BCUT2D eigenvalue weighted by molar-refractivity contribution is 0.715. The van der Waals surface area contributed by atoms with Gasteiger partial charge in [-0.3, -0.25) is 4.79 Å². The molecule has 1 N–H and O–H groups in total. The summed E-state index contributed by atoms with van der Waals surface area (Å²) >= 11 is 1.57. The Kier molecular flexibility index (Phi) is 3.23. The number of hydrogen-bond acceptors (Lipinski definition) is 5. The molecule has 0 unspecified atom stereocenters. The van der Waals surface area contributed by atoms with Gasteiger partial charge in [-0.25, -0.2) is 9.97 Å². The van der Waals surface area contributed by atoms with Crippen molar-refractivity contribution in [3.8, 4) is 0 Å². The monoisotopic (exact) mass is 286 g/mol. The van der Waals surface area contributed by atoms with Gasteiger partial charge in [-0.1, -0.05) is 6.07 Å².